The summed E-state index contributed by atoms with van der Waals surface area (Å²) in [5.41, 5.74) is 0. The van der Waals surface area contributed by atoms with E-state index in [9.17, 15) is 24.6 Å². The van der Waals surface area contributed by atoms with Crippen LogP contribution in [0, 0.1) is 0 Å². The number of carboxylic acids is 2. The fourth-order valence-electron chi connectivity index (χ4n) is 3.28. The van der Waals surface area contributed by atoms with Gasteiger partial charge in [-0.25, -0.2) is 0 Å². The number of nitrogens with one attached hydrogen (secondary N) is 1. The summed E-state index contributed by atoms with van der Waals surface area (Å²) in [7, 11) is 0. The first-order chi connectivity index (χ1) is 13.5. The molecule has 0 aromatic carbocycles. The Morgan fingerprint density at radius 3 is 1.37 bits per heavy atom. The normalized spacial score (nSPS) is 11.1. The third kappa shape index (κ3) is 24.7. The van der Waals surface area contributed by atoms with Crippen molar-refractivity contribution in [2.75, 3.05) is 0 Å². The molecule has 0 aliphatic rings. The first kappa shape index (κ1) is 35.0. The van der Waals surface area contributed by atoms with Gasteiger partial charge in [0.25, 0.3) is 0 Å². The van der Waals surface area contributed by atoms with Crippen LogP contribution in [0.1, 0.15) is 116 Å². The fraction of sp³-hybridized carbons (Fsp3) is 0.864. The van der Waals surface area contributed by atoms with Gasteiger partial charge in [-0.3, -0.25) is 4.79 Å². The minimum Gasteiger partial charge on any atom is -0.550 e. The van der Waals surface area contributed by atoms with Gasteiger partial charge in [0, 0.05) is 18.8 Å². The Bertz CT molecular complexity index is 436. The van der Waals surface area contributed by atoms with Crippen molar-refractivity contribution in [1.29, 1.82) is 0 Å². The Balaban J connectivity index is -0.00000364. The van der Waals surface area contributed by atoms with E-state index in [2.05, 4.69) is 12.2 Å². The molecule has 8 heteroatoms. The number of hydrogen-bond acceptors (Lipinski definition) is 5. The number of amides is 1. The van der Waals surface area contributed by atoms with Crippen molar-refractivity contribution in [2.24, 2.45) is 0 Å². The number of aliphatic carboxylic acids is 2. The molecular formula is C22H39NNa2O5. The maximum absolute atomic E-state index is 11.7. The summed E-state index contributed by atoms with van der Waals surface area (Å²) in [6, 6.07) is -1.52. The molecule has 1 atom stereocenters. The second kappa shape index (κ2) is 25.7. The first-order valence-corrected chi connectivity index (χ1v) is 11.2. The van der Waals surface area contributed by atoms with E-state index in [1.807, 2.05) is 0 Å². The second-order valence-electron chi connectivity index (χ2n) is 7.72. The number of rotatable bonds is 20. The zero-order valence-electron chi connectivity index (χ0n) is 19.6. The Morgan fingerprint density at radius 2 is 1.03 bits per heavy atom. The molecule has 0 spiro atoms. The molecule has 0 radical (unpaired) electrons. The van der Waals surface area contributed by atoms with Crippen molar-refractivity contribution in [3.05, 3.63) is 0 Å². The molecule has 1 N–H and O–H groups in total. The molecule has 0 aliphatic carbocycles. The van der Waals surface area contributed by atoms with Crippen LogP contribution in [-0.4, -0.2) is 23.9 Å². The number of carbonyl (C=O) groups is 3. The molecule has 0 unspecified atom stereocenters. The summed E-state index contributed by atoms with van der Waals surface area (Å²) in [5.74, 6) is -3.58. The van der Waals surface area contributed by atoms with Crippen molar-refractivity contribution in [3.63, 3.8) is 0 Å². The van der Waals surface area contributed by atoms with Gasteiger partial charge in [-0.1, -0.05) is 96.8 Å². The van der Waals surface area contributed by atoms with Crippen molar-refractivity contribution in [3.8, 4) is 0 Å². The molecule has 0 aliphatic heterocycles. The van der Waals surface area contributed by atoms with Crippen molar-refractivity contribution >= 4 is 17.8 Å². The molecule has 1 amide bonds. The van der Waals surface area contributed by atoms with Gasteiger partial charge in [0.15, 0.2) is 0 Å². The van der Waals surface area contributed by atoms with Crippen LogP contribution in [-0.2, 0) is 14.4 Å². The molecule has 0 heterocycles. The first-order valence-electron chi connectivity index (χ1n) is 11.2. The zero-order valence-corrected chi connectivity index (χ0v) is 23.6. The molecule has 0 saturated heterocycles. The predicted octanol–water partition coefficient (Wildman–Crippen LogP) is -3.37. The van der Waals surface area contributed by atoms with Gasteiger partial charge in [-0.05, 0) is 6.42 Å². The van der Waals surface area contributed by atoms with Crippen molar-refractivity contribution < 1.29 is 83.7 Å². The number of carbonyl (C=O) groups excluding carboxylic acids is 3. The topological polar surface area (TPSA) is 109 Å². The van der Waals surface area contributed by atoms with Crippen LogP contribution in [0.5, 0.6) is 0 Å². The van der Waals surface area contributed by atoms with Crippen LogP contribution in [0.25, 0.3) is 0 Å². The summed E-state index contributed by atoms with van der Waals surface area (Å²) in [6.45, 7) is 2.24. The summed E-state index contributed by atoms with van der Waals surface area (Å²) < 4.78 is 0. The van der Waals surface area contributed by atoms with Crippen LogP contribution >= 0.6 is 0 Å². The molecule has 0 bridgehead atoms. The van der Waals surface area contributed by atoms with E-state index in [4.69, 9.17) is 0 Å². The van der Waals surface area contributed by atoms with E-state index >= 15 is 0 Å². The average Bonchev–Trinajstić information content (AvgIpc) is 2.64. The molecule has 0 aromatic heterocycles. The summed E-state index contributed by atoms with van der Waals surface area (Å²) in [6.07, 6.45) is 17.9. The van der Waals surface area contributed by atoms with Gasteiger partial charge in [0.1, 0.15) is 0 Å². The summed E-state index contributed by atoms with van der Waals surface area (Å²) in [5, 5.41) is 23.4. The number of unbranched alkanes of at least 4 members (excludes halogenated alkanes) is 14. The van der Waals surface area contributed by atoms with E-state index in [-0.39, 0.29) is 65.5 Å². The third-order valence-corrected chi connectivity index (χ3v) is 5.00. The zero-order chi connectivity index (χ0) is 21.0. The van der Waals surface area contributed by atoms with Crippen LogP contribution in [0.4, 0.5) is 0 Å². The van der Waals surface area contributed by atoms with Crippen LogP contribution in [0.15, 0.2) is 0 Å². The molecule has 30 heavy (non-hydrogen) atoms. The number of hydrogen-bond donors (Lipinski definition) is 1. The molecule has 0 fully saturated rings. The van der Waals surface area contributed by atoms with Crippen molar-refractivity contribution in [2.45, 2.75) is 122 Å². The SMILES string of the molecule is CCCCCCCCCCCCCCCCCC(=O)N[C@@H](CC(=O)[O-])C(=O)[O-].[Na+].[Na+]. The Hall–Kier alpha value is 0.410. The molecule has 164 valence electrons. The van der Waals surface area contributed by atoms with Gasteiger partial charge in [-0.15, -0.1) is 0 Å². The fourth-order valence-corrected chi connectivity index (χ4v) is 3.28. The quantitative estimate of drug-likeness (QED) is 0.156. The van der Waals surface area contributed by atoms with E-state index in [0.29, 0.717) is 6.42 Å². The molecule has 0 saturated carbocycles. The molecule has 0 aromatic rings. The van der Waals surface area contributed by atoms with Crippen LogP contribution in [0.3, 0.4) is 0 Å². The largest absolute Gasteiger partial charge is 1.00 e. The maximum Gasteiger partial charge on any atom is 1.00 e. The predicted molar refractivity (Wildman–Crippen MR) is 106 cm³/mol. The smallest absolute Gasteiger partial charge is 0.550 e. The van der Waals surface area contributed by atoms with E-state index in [1.54, 1.807) is 0 Å². The Labute approximate surface area is 227 Å². The van der Waals surface area contributed by atoms with Gasteiger partial charge in [0.2, 0.25) is 5.91 Å². The van der Waals surface area contributed by atoms with E-state index < -0.39 is 30.3 Å². The minimum atomic E-state index is -1.60. The van der Waals surface area contributed by atoms with E-state index in [0.717, 1.165) is 19.3 Å². The second-order valence-corrected chi connectivity index (χ2v) is 7.72. The van der Waals surface area contributed by atoms with E-state index in [1.165, 1.54) is 70.6 Å². The van der Waals surface area contributed by atoms with Gasteiger partial charge in [0.05, 0.1) is 12.0 Å². The van der Waals surface area contributed by atoms with Gasteiger partial charge >= 0.3 is 59.1 Å². The summed E-state index contributed by atoms with van der Waals surface area (Å²) in [4.78, 5) is 32.9. The van der Waals surface area contributed by atoms with Gasteiger partial charge < -0.3 is 25.1 Å². The molecule has 0 rings (SSSR count). The van der Waals surface area contributed by atoms with Gasteiger partial charge in [-0.2, -0.15) is 0 Å². The monoisotopic (exact) mass is 443 g/mol. The van der Waals surface area contributed by atoms with Crippen molar-refractivity contribution in [1.82, 2.24) is 5.32 Å². The number of carboxylic acid groups (broad SMARTS) is 2. The van der Waals surface area contributed by atoms with Crippen LogP contribution in [0.2, 0.25) is 0 Å². The Morgan fingerprint density at radius 1 is 0.667 bits per heavy atom. The minimum absolute atomic E-state index is 0. The van der Waals surface area contributed by atoms with Crippen LogP contribution < -0.4 is 74.6 Å². The average molecular weight is 444 g/mol. The molecule has 6 nitrogen and oxygen atoms in total. The standard InChI is InChI=1S/C22H41NO5.2Na/c1-2-3-4-5-6-7-8-9-10-11-12-13-14-15-16-17-20(24)23-19(22(27)28)18-21(25)26;;/h19H,2-18H2,1H3,(H,23,24)(H,25,26)(H,27,28);;/q;2*+1/p-2/t19-;;/m0../s1. The Kier molecular flexibility index (Phi) is 30.0. The maximum atomic E-state index is 11.7. The third-order valence-electron chi connectivity index (χ3n) is 5.00. The summed E-state index contributed by atoms with van der Waals surface area (Å²) >= 11 is 0. The molecular weight excluding hydrogens is 404 g/mol.